The fourth-order valence-corrected chi connectivity index (χ4v) is 2.62. The lowest BCUT2D eigenvalue weighted by Crippen LogP contribution is -2.18. The largest absolute Gasteiger partial charge is 0.399 e. The Kier molecular flexibility index (Phi) is 3.99. The average Bonchev–Trinajstić information content (AvgIpc) is 2.77. The second-order valence-electron chi connectivity index (χ2n) is 4.54. The molecule has 0 radical (unpaired) electrons. The number of benzene rings is 1. The normalized spacial score (nSPS) is 12.6. The molecule has 0 saturated carbocycles. The van der Waals surface area contributed by atoms with Crippen LogP contribution in [-0.4, -0.2) is 4.98 Å². The number of aromatic nitrogens is 1. The number of aryl methyl sites for hydroxylation is 1. The van der Waals surface area contributed by atoms with Crippen molar-refractivity contribution in [2.45, 2.75) is 33.4 Å². The van der Waals surface area contributed by atoms with Gasteiger partial charge < -0.3 is 11.1 Å². The lowest BCUT2D eigenvalue weighted by molar-refractivity contribution is 0.571. The van der Waals surface area contributed by atoms with Gasteiger partial charge in [0.15, 0.2) is 0 Å². The van der Waals surface area contributed by atoms with Gasteiger partial charge in [-0.25, -0.2) is 4.98 Å². The number of nitrogens with one attached hydrogen (secondary N) is 1. The molecular formula is C14H19N3S. The number of hydrogen-bond donors (Lipinski definition) is 2. The maximum absolute atomic E-state index is 5.90. The molecule has 0 spiro atoms. The molecule has 1 aromatic heterocycles. The highest BCUT2D eigenvalue weighted by molar-refractivity contribution is 7.11. The molecule has 0 saturated heterocycles. The van der Waals surface area contributed by atoms with E-state index in [-0.39, 0.29) is 6.04 Å². The molecule has 0 aliphatic heterocycles. The van der Waals surface area contributed by atoms with Crippen molar-refractivity contribution >= 4 is 17.0 Å². The van der Waals surface area contributed by atoms with Crippen molar-refractivity contribution in [2.24, 2.45) is 0 Å². The Morgan fingerprint density at radius 1 is 1.39 bits per heavy atom. The highest BCUT2D eigenvalue weighted by Gasteiger charge is 2.09. The van der Waals surface area contributed by atoms with E-state index in [2.05, 4.69) is 37.1 Å². The second kappa shape index (κ2) is 5.50. The second-order valence-corrected chi connectivity index (χ2v) is 5.81. The lowest BCUT2D eigenvalue weighted by Gasteiger charge is -2.13. The monoisotopic (exact) mass is 261 g/mol. The summed E-state index contributed by atoms with van der Waals surface area (Å²) in [5, 5.41) is 4.62. The zero-order chi connectivity index (χ0) is 13.1. The summed E-state index contributed by atoms with van der Waals surface area (Å²) in [4.78, 5) is 5.65. The van der Waals surface area contributed by atoms with Crippen LogP contribution in [0, 0.1) is 13.8 Å². The number of nitrogens with zero attached hydrogens (tertiary/aromatic N) is 1. The van der Waals surface area contributed by atoms with Gasteiger partial charge in [0, 0.05) is 23.3 Å². The number of nitrogens with two attached hydrogens (primary N) is 1. The average molecular weight is 261 g/mol. The zero-order valence-corrected chi connectivity index (χ0v) is 11.8. The molecule has 2 rings (SSSR count). The first-order valence-electron chi connectivity index (χ1n) is 6.07. The standard InChI is InChI=1S/C14H19N3S/c1-9-7-17-14(18-9)11(3)16-8-12-5-4-6-13(15)10(12)2/h4-7,11,16H,8,15H2,1-3H3. The molecule has 1 atom stereocenters. The van der Waals surface area contributed by atoms with Gasteiger partial charge in [0.05, 0.1) is 6.04 Å². The van der Waals surface area contributed by atoms with E-state index in [4.69, 9.17) is 5.73 Å². The van der Waals surface area contributed by atoms with Crippen molar-refractivity contribution in [3.63, 3.8) is 0 Å². The molecular weight excluding hydrogens is 242 g/mol. The first kappa shape index (κ1) is 13.1. The summed E-state index contributed by atoms with van der Waals surface area (Å²) in [6.45, 7) is 7.09. The molecule has 0 amide bonds. The van der Waals surface area contributed by atoms with Gasteiger partial charge in [-0.05, 0) is 38.0 Å². The van der Waals surface area contributed by atoms with Gasteiger partial charge in [-0.3, -0.25) is 0 Å². The first-order valence-corrected chi connectivity index (χ1v) is 6.89. The summed E-state index contributed by atoms with van der Waals surface area (Å²) in [7, 11) is 0. The van der Waals surface area contributed by atoms with Gasteiger partial charge >= 0.3 is 0 Å². The molecule has 4 heteroatoms. The number of nitrogen functional groups attached to an aromatic ring is 1. The minimum atomic E-state index is 0.268. The molecule has 3 N–H and O–H groups in total. The van der Waals surface area contributed by atoms with Crippen LogP contribution in [0.4, 0.5) is 5.69 Å². The third-order valence-electron chi connectivity index (χ3n) is 3.10. The SMILES string of the molecule is Cc1cnc(C(C)NCc2cccc(N)c2C)s1. The molecule has 1 unspecified atom stereocenters. The van der Waals surface area contributed by atoms with Crippen LogP contribution >= 0.6 is 11.3 Å². The molecule has 2 aromatic rings. The van der Waals surface area contributed by atoms with Crippen molar-refractivity contribution in [2.75, 3.05) is 5.73 Å². The molecule has 1 aromatic carbocycles. The van der Waals surface area contributed by atoms with Crippen LogP contribution in [0.5, 0.6) is 0 Å². The van der Waals surface area contributed by atoms with Gasteiger partial charge in [0.1, 0.15) is 5.01 Å². The van der Waals surface area contributed by atoms with E-state index in [1.54, 1.807) is 11.3 Å². The van der Waals surface area contributed by atoms with E-state index >= 15 is 0 Å². The van der Waals surface area contributed by atoms with Gasteiger partial charge in [-0.15, -0.1) is 11.3 Å². The predicted molar refractivity (Wildman–Crippen MR) is 77.7 cm³/mol. The van der Waals surface area contributed by atoms with Crippen LogP contribution in [0.1, 0.15) is 34.0 Å². The van der Waals surface area contributed by atoms with E-state index < -0.39 is 0 Å². The van der Waals surface area contributed by atoms with Gasteiger partial charge in [0.2, 0.25) is 0 Å². The van der Waals surface area contributed by atoms with Gasteiger partial charge in [-0.2, -0.15) is 0 Å². The quantitative estimate of drug-likeness (QED) is 0.831. The van der Waals surface area contributed by atoms with Crippen LogP contribution in [0.3, 0.4) is 0 Å². The molecule has 18 heavy (non-hydrogen) atoms. The minimum absolute atomic E-state index is 0.268. The number of hydrogen-bond acceptors (Lipinski definition) is 4. The van der Waals surface area contributed by atoms with Gasteiger partial charge in [0.25, 0.3) is 0 Å². The van der Waals surface area contributed by atoms with E-state index in [9.17, 15) is 0 Å². The summed E-state index contributed by atoms with van der Waals surface area (Å²) in [5.41, 5.74) is 9.16. The Hall–Kier alpha value is -1.39. The predicted octanol–water partition coefficient (Wildman–Crippen LogP) is 3.19. The summed E-state index contributed by atoms with van der Waals surface area (Å²) in [5.74, 6) is 0. The van der Waals surface area contributed by atoms with Crippen LogP contribution < -0.4 is 11.1 Å². The summed E-state index contributed by atoms with van der Waals surface area (Å²) < 4.78 is 0. The first-order chi connectivity index (χ1) is 8.58. The van der Waals surface area contributed by atoms with Crippen molar-refractivity contribution in [3.8, 4) is 0 Å². The molecule has 0 aliphatic rings. The van der Waals surface area contributed by atoms with Crippen LogP contribution in [0.15, 0.2) is 24.4 Å². The van der Waals surface area contributed by atoms with Gasteiger partial charge in [-0.1, -0.05) is 12.1 Å². The van der Waals surface area contributed by atoms with E-state index in [1.165, 1.54) is 10.4 Å². The molecule has 0 fully saturated rings. The van der Waals surface area contributed by atoms with Crippen molar-refractivity contribution in [1.82, 2.24) is 10.3 Å². The summed E-state index contributed by atoms with van der Waals surface area (Å²) >= 11 is 1.74. The highest BCUT2D eigenvalue weighted by atomic mass is 32.1. The van der Waals surface area contributed by atoms with Crippen molar-refractivity contribution in [3.05, 3.63) is 45.4 Å². The number of anilines is 1. The van der Waals surface area contributed by atoms with Crippen LogP contribution in [-0.2, 0) is 6.54 Å². The Morgan fingerprint density at radius 2 is 2.17 bits per heavy atom. The number of thiazole rings is 1. The van der Waals surface area contributed by atoms with Crippen LogP contribution in [0.25, 0.3) is 0 Å². The summed E-state index contributed by atoms with van der Waals surface area (Å²) in [6.07, 6.45) is 1.92. The Morgan fingerprint density at radius 3 is 2.83 bits per heavy atom. The van der Waals surface area contributed by atoms with E-state index in [0.29, 0.717) is 0 Å². The Labute approximate surface area is 112 Å². The molecule has 96 valence electrons. The fourth-order valence-electron chi connectivity index (χ4n) is 1.82. The fraction of sp³-hybridized carbons (Fsp3) is 0.357. The number of rotatable bonds is 4. The molecule has 3 nitrogen and oxygen atoms in total. The van der Waals surface area contributed by atoms with E-state index in [1.807, 2.05) is 18.3 Å². The smallest absolute Gasteiger partial charge is 0.109 e. The lowest BCUT2D eigenvalue weighted by atomic mass is 10.1. The third kappa shape index (κ3) is 2.89. The maximum Gasteiger partial charge on any atom is 0.109 e. The Bertz CT molecular complexity index is 534. The third-order valence-corrected chi connectivity index (χ3v) is 4.19. The highest BCUT2D eigenvalue weighted by Crippen LogP contribution is 2.20. The van der Waals surface area contributed by atoms with E-state index in [0.717, 1.165) is 22.8 Å². The molecule has 1 heterocycles. The topological polar surface area (TPSA) is 50.9 Å². The minimum Gasteiger partial charge on any atom is -0.399 e. The van der Waals surface area contributed by atoms with Crippen molar-refractivity contribution in [1.29, 1.82) is 0 Å². The zero-order valence-electron chi connectivity index (χ0n) is 11.0. The maximum atomic E-state index is 5.90. The Balaban J connectivity index is 2.01. The van der Waals surface area contributed by atoms with Crippen LogP contribution in [0.2, 0.25) is 0 Å². The molecule has 0 bridgehead atoms. The van der Waals surface area contributed by atoms with Crippen molar-refractivity contribution < 1.29 is 0 Å². The summed E-state index contributed by atoms with van der Waals surface area (Å²) in [6, 6.07) is 6.31. The molecule has 0 aliphatic carbocycles.